The van der Waals surface area contributed by atoms with Crippen LogP contribution in [0.4, 0.5) is 0 Å². The minimum atomic E-state index is -1.81. The van der Waals surface area contributed by atoms with Crippen LogP contribution < -0.4 is 4.74 Å². The minimum Gasteiger partial charge on any atom is -0.508 e. The molecule has 2 aromatic rings. The van der Waals surface area contributed by atoms with Gasteiger partial charge in [0.1, 0.15) is 36.3 Å². The van der Waals surface area contributed by atoms with Gasteiger partial charge in [0, 0.05) is 6.42 Å². The summed E-state index contributed by atoms with van der Waals surface area (Å²) in [6.45, 7) is -0.718. The average Bonchev–Trinajstić information content (AvgIpc) is 2.77. The van der Waals surface area contributed by atoms with Gasteiger partial charge in [-0.25, -0.2) is 0 Å². The molecule has 0 aromatic heterocycles. The smallest absolute Gasteiger partial charge is 0.229 e. The highest BCUT2D eigenvalue weighted by Crippen LogP contribution is 2.41. The summed E-state index contributed by atoms with van der Waals surface area (Å²) < 4.78 is 10.4. The molecule has 174 valence electrons. The molecule has 0 amide bonds. The summed E-state index contributed by atoms with van der Waals surface area (Å²) in [4.78, 5) is 12.7. The number of aliphatic hydroxyl groups is 5. The van der Waals surface area contributed by atoms with Crippen molar-refractivity contribution in [2.45, 2.75) is 43.2 Å². The van der Waals surface area contributed by atoms with Crippen LogP contribution in [0, 0.1) is 0 Å². The quantitative estimate of drug-likeness (QED) is 0.234. The molecule has 0 spiro atoms. The number of hydrogen-bond acceptors (Lipinski definition) is 11. The Balaban J connectivity index is 1.82. The van der Waals surface area contributed by atoms with Crippen molar-refractivity contribution in [1.82, 2.24) is 0 Å². The molecule has 0 radical (unpaired) electrons. The summed E-state index contributed by atoms with van der Waals surface area (Å²) in [6.07, 6.45) is -9.91. The highest BCUT2D eigenvalue weighted by atomic mass is 16.7. The van der Waals surface area contributed by atoms with Gasteiger partial charge < -0.3 is 50.3 Å². The first-order valence-electron chi connectivity index (χ1n) is 9.66. The summed E-state index contributed by atoms with van der Waals surface area (Å²) in [6, 6.07) is 7.87. The Morgan fingerprint density at radius 1 is 0.969 bits per heavy atom. The van der Waals surface area contributed by atoms with E-state index in [0.29, 0.717) is 5.56 Å². The number of phenolic OH excluding ortho intramolecular Hbond substituents is 3. The number of carbonyl (C=O) groups excluding carboxylic acids is 1. The molecule has 1 saturated heterocycles. The lowest BCUT2D eigenvalue weighted by molar-refractivity contribution is -0.277. The first-order chi connectivity index (χ1) is 15.1. The summed E-state index contributed by atoms with van der Waals surface area (Å²) in [5.74, 6) is -3.03. The van der Waals surface area contributed by atoms with Gasteiger partial charge in [-0.15, -0.1) is 0 Å². The predicted molar refractivity (Wildman–Crippen MR) is 106 cm³/mol. The van der Waals surface area contributed by atoms with E-state index in [-0.39, 0.29) is 12.2 Å². The van der Waals surface area contributed by atoms with Crippen molar-refractivity contribution in [1.29, 1.82) is 0 Å². The second-order valence-electron chi connectivity index (χ2n) is 7.38. The maximum atomic E-state index is 12.7. The lowest BCUT2D eigenvalue weighted by Crippen LogP contribution is -2.60. The number of aromatic hydroxyl groups is 3. The molecule has 1 aliphatic rings. The number of benzene rings is 2. The Hall–Kier alpha value is -2.93. The van der Waals surface area contributed by atoms with Crippen LogP contribution in [0.5, 0.6) is 23.0 Å². The van der Waals surface area contributed by atoms with E-state index in [4.69, 9.17) is 9.47 Å². The van der Waals surface area contributed by atoms with Crippen molar-refractivity contribution in [3.63, 3.8) is 0 Å². The van der Waals surface area contributed by atoms with Crippen LogP contribution in [0.25, 0.3) is 0 Å². The van der Waals surface area contributed by atoms with Crippen molar-refractivity contribution < 1.29 is 55.1 Å². The van der Waals surface area contributed by atoms with Crippen LogP contribution in [0.2, 0.25) is 0 Å². The van der Waals surface area contributed by atoms with Crippen molar-refractivity contribution in [3.8, 4) is 23.0 Å². The molecule has 1 aliphatic heterocycles. The number of Topliss-reactive ketones (excluding diaryl/α,β-unsaturated/α-hetero) is 1. The first kappa shape index (κ1) is 23.7. The van der Waals surface area contributed by atoms with Gasteiger partial charge in [0.25, 0.3) is 0 Å². The molecule has 0 bridgehead atoms. The zero-order chi connectivity index (χ0) is 23.6. The van der Waals surface area contributed by atoms with E-state index in [2.05, 4.69) is 0 Å². The molecule has 3 rings (SSSR count). The van der Waals surface area contributed by atoms with E-state index in [1.54, 1.807) is 0 Å². The van der Waals surface area contributed by atoms with Gasteiger partial charge in [-0.1, -0.05) is 12.1 Å². The second kappa shape index (κ2) is 9.69. The fourth-order valence-corrected chi connectivity index (χ4v) is 3.28. The number of ketones is 1. The van der Waals surface area contributed by atoms with Gasteiger partial charge in [-0.05, 0) is 29.8 Å². The van der Waals surface area contributed by atoms with E-state index in [1.807, 2.05) is 0 Å². The third-order valence-corrected chi connectivity index (χ3v) is 5.13. The number of ether oxygens (including phenoxy) is 2. The third-order valence-electron chi connectivity index (χ3n) is 5.13. The summed E-state index contributed by atoms with van der Waals surface area (Å²) in [7, 11) is 0. The highest BCUT2D eigenvalue weighted by Gasteiger charge is 2.45. The SMILES string of the molecule is O=C(c1ccc(O)c(O[C@H]2O[C@@H](CO)[C@@H](O)[C@@H](O)[C@H]2O)c1O)[C@H](O)Cc1ccc(O)cc1. The molecular weight excluding hydrogens is 428 g/mol. The summed E-state index contributed by atoms with van der Waals surface area (Å²) in [5, 5.41) is 79.2. The number of rotatable bonds is 7. The van der Waals surface area contributed by atoms with Gasteiger partial charge in [-0.2, -0.15) is 0 Å². The maximum absolute atomic E-state index is 12.7. The van der Waals surface area contributed by atoms with E-state index < -0.39 is 72.0 Å². The maximum Gasteiger partial charge on any atom is 0.229 e. The Bertz CT molecular complexity index is 944. The Morgan fingerprint density at radius 2 is 1.62 bits per heavy atom. The second-order valence-corrected chi connectivity index (χ2v) is 7.38. The van der Waals surface area contributed by atoms with Crippen molar-refractivity contribution >= 4 is 5.78 Å². The molecule has 0 unspecified atom stereocenters. The number of carbonyl (C=O) groups is 1. The fraction of sp³-hybridized carbons (Fsp3) is 0.381. The Kier molecular flexibility index (Phi) is 7.19. The standard InChI is InChI=1S/C21H24O11/c22-8-14-17(28)18(29)19(30)21(31-14)32-20-12(24)6-5-11(16(20)27)15(26)13(25)7-9-1-3-10(23)4-2-9/h1-6,13-14,17-19,21-25,27-30H,7-8H2/t13-,14+,17-,18-,19-,21-/m1/s1. The highest BCUT2D eigenvalue weighted by molar-refractivity contribution is 6.02. The van der Waals surface area contributed by atoms with Gasteiger partial charge in [0.15, 0.2) is 17.3 Å². The number of phenols is 3. The molecule has 8 N–H and O–H groups in total. The van der Waals surface area contributed by atoms with Crippen molar-refractivity contribution in [3.05, 3.63) is 47.5 Å². The normalized spacial score (nSPS) is 26.5. The van der Waals surface area contributed by atoms with Crippen LogP contribution in [-0.4, -0.2) is 90.1 Å². The number of hydrogen-bond donors (Lipinski definition) is 8. The van der Waals surface area contributed by atoms with Gasteiger partial charge in [-0.3, -0.25) is 4.79 Å². The van der Waals surface area contributed by atoms with E-state index in [9.17, 15) is 45.6 Å². The van der Waals surface area contributed by atoms with Crippen molar-refractivity contribution in [2.75, 3.05) is 6.61 Å². The zero-order valence-electron chi connectivity index (χ0n) is 16.6. The van der Waals surface area contributed by atoms with E-state index in [1.165, 1.54) is 24.3 Å². The molecule has 11 heteroatoms. The molecule has 0 saturated carbocycles. The van der Waals surface area contributed by atoms with E-state index in [0.717, 1.165) is 12.1 Å². The predicted octanol–water partition coefficient (Wildman–Crippen LogP) is -1.23. The van der Waals surface area contributed by atoms with Gasteiger partial charge in [0.2, 0.25) is 12.0 Å². The molecule has 6 atom stereocenters. The molecule has 0 aliphatic carbocycles. The van der Waals surface area contributed by atoms with Gasteiger partial charge >= 0.3 is 0 Å². The molecule has 32 heavy (non-hydrogen) atoms. The van der Waals surface area contributed by atoms with Crippen LogP contribution in [0.15, 0.2) is 36.4 Å². The summed E-state index contributed by atoms with van der Waals surface area (Å²) >= 11 is 0. The van der Waals surface area contributed by atoms with Crippen LogP contribution >= 0.6 is 0 Å². The number of aliphatic hydroxyl groups excluding tert-OH is 5. The Labute approximate surface area is 182 Å². The Morgan fingerprint density at radius 3 is 2.25 bits per heavy atom. The average molecular weight is 452 g/mol. The fourth-order valence-electron chi connectivity index (χ4n) is 3.28. The molecular formula is C21H24O11. The molecule has 11 nitrogen and oxygen atoms in total. The largest absolute Gasteiger partial charge is 0.508 e. The summed E-state index contributed by atoms with van der Waals surface area (Å²) in [5.41, 5.74) is 0.147. The van der Waals surface area contributed by atoms with Crippen LogP contribution in [0.1, 0.15) is 15.9 Å². The van der Waals surface area contributed by atoms with Crippen LogP contribution in [-0.2, 0) is 11.2 Å². The first-order valence-corrected chi connectivity index (χ1v) is 9.66. The van der Waals surface area contributed by atoms with E-state index >= 15 is 0 Å². The minimum absolute atomic E-state index is 0.0146. The third kappa shape index (κ3) is 4.78. The zero-order valence-corrected chi connectivity index (χ0v) is 16.6. The molecule has 2 aromatic carbocycles. The molecule has 1 fully saturated rings. The monoisotopic (exact) mass is 452 g/mol. The molecule has 1 heterocycles. The topological polar surface area (TPSA) is 197 Å². The van der Waals surface area contributed by atoms with Crippen LogP contribution in [0.3, 0.4) is 0 Å². The lowest BCUT2D eigenvalue weighted by atomic mass is 9.98. The van der Waals surface area contributed by atoms with Gasteiger partial charge in [0.05, 0.1) is 12.2 Å². The lowest BCUT2D eigenvalue weighted by Gasteiger charge is -2.39. The van der Waals surface area contributed by atoms with Crippen molar-refractivity contribution in [2.24, 2.45) is 0 Å².